The molecule has 3 nitrogen and oxygen atoms in total. The van der Waals surface area contributed by atoms with Gasteiger partial charge < -0.3 is 4.42 Å². The summed E-state index contributed by atoms with van der Waals surface area (Å²) in [6.07, 6.45) is 11.8. The van der Waals surface area contributed by atoms with E-state index in [2.05, 4.69) is 36.2 Å². The summed E-state index contributed by atoms with van der Waals surface area (Å²) in [6.45, 7) is 2.26. The zero-order valence-electron chi connectivity index (χ0n) is 11.2. The standard InChI is InChI=1S/C17H15NO2/c1-8-12-3-2-9(5-13(8)12)16-18-15-7-11-4-10(11)6-14(15)17(19)20-16/h2-3,5-8,10-13H,4H2,1H3. The first-order chi connectivity index (χ1) is 9.70. The van der Waals surface area contributed by atoms with Gasteiger partial charge in [0.2, 0.25) is 5.89 Å². The fraction of sp³-hybridized carbons (Fsp3) is 0.412. The molecule has 3 heteroatoms. The monoisotopic (exact) mass is 265 g/mol. The van der Waals surface area contributed by atoms with Crippen LogP contribution in [0, 0.1) is 29.6 Å². The minimum Gasteiger partial charge on any atom is -0.403 e. The zero-order valence-corrected chi connectivity index (χ0v) is 11.2. The molecule has 0 radical (unpaired) electrons. The number of hydrogen-bond acceptors (Lipinski definition) is 3. The maximum Gasteiger partial charge on any atom is 0.346 e. The molecule has 5 unspecified atom stereocenters. The molecule has 0 saturated heterocycles. The van der Waals surface area contributed by atoms with Gasteiger partial charge in [-0.1, -0.05) is 37.3 Å². The summed E-state index contributed by atoms with van der Waals surface area (Å²) in [5.41, 5.74) is 0.716. The van der Waals surface area contributed by atoms with Gasteiger partial charge in [0.05, 0.1) is 10.6 Å². The summed E-state index contributed by atoms with van der Waals surface area (Å²) in [6, 6.07) is 0. The van der Waals surface area contributed by atoms with Crippen molar-refractivity contribution in [1.82, 2.24) is 4.98 Å². The minimum atomic E-state index is -0.244. The van der Waals surface area contributed by atoms with E-state index in [9.17, 15) is 4.79 Å². The van der Waals surface area contributed by atoms with E-state index in [4.69, 9.17) is 4.42 Å². The summed E-state index contributed by atoms with van der Waals surface area (Å²) in [4.78, 5) is 16.7. The van der Waals surface area contributed by atoms with Crippen molar-refractivity contribution < 1.29 is 4.42 Å². The van der Waals surface area contributed by atoms with Crippen molar-refractivity contribution in [1.29, 1.82) is 0 Å². The van der Waals surface area contributed by atoms with Gasteiger partial charge in [-0.25, -0.2) is 9.78 Å². The summed E-state index contributed by atoms with van der Waals surface area (Å²) in [7, 11) is 0. The largest absolute Gasteiger partial charge is 0.403 e. The molecule has 100 valence electrons. The molecule has 0 N–H and O–H groups in total. The predicted octanol–water partition coefficient (Wildman–Crippen LogP) is 1.08. The Hall–Kier alpha value is -1.90. The number of aromatic nitrogens is 1. The summed E-state index contributed by atoms with van der Waals surface area (Å²) < 4.78 is 5.45. The maximum absolute atomic E-state index is 12.1. The molecule has 0 spiro atoms. The molecule has 0 bridgehead atoms. The van der Waals surface area contributed by atoms with Crippen LogP contribution >= 0.6 is 0 Å². The van der Waals surface area contributed by atoms with E-state index in [1.54, 1.807) is 0 Å². The molecule has 4 aliphatic rings. The average Bonchev–Trinajstić information content (AvgIpc) is 3.34. The molecule has 2 saturated carbocycles. The van der Waals surface area contributed by atoms with E-state index in [1.807, 2.05) is 6.08 Å². The van der Waals surface area contributed by atoms with Crippen LogP contribution < -0.4 is 16.2 Å². The van der Waals surface area contributed by atoms with Gasteiger partial charge in [0, 0.05) is 5.57 Å². The second-order valence-corrected chi connectivity index (χ2v) is 6.50. The van der Waals surface area contributed by atoms with Gasteiger partial charge >= 0.3 is 5.63 Å². The van der Waals surface area contributed by atoms with E-state index in [0.717, 1.165) is 17.3 Å². The van der Waals surface area contributed by atoms with Crippen molar-refractivity contribution >= 4 is 17.7 Å². The second kappa shape index (κ2) is 3.40. The highest BCUT2D eigenvalue weighted by atomic mass is 16.4. The highest BCUT2D eigenvalue weighted by Gasteiger charge is 2.45. The molecule has 5 rings (SSSR count). The van der Waals surface area contributed by atoms with E-state index in [0.29, 0.717) is 40.7 Å². The molecule has 1 aromatic rings. The minimum absolute atomic E-state index is 0.244. The van der Waals surface area contributed by atoms with E-state index in [1.165, 1.54) is 0 Å². The molecule has 1 aromatic heterocycles. The van der Waals surface area contributed by atoms with Crippen LogP contribution in [0.3, 0.4) is 0 Å². The van der Waals surface area contributed by atoms with Crippen LogP contribution in [0.15, 0.2) is 27.4 Å². The molecule has 2 fully saturated rings. The lowest BCUT2D eigenvalue weighted by Crippen LogP contribution is -2.43. The molecule has 0 aliphatic heterocycles. The zero-order chi connectivity index (χ0) is 13.4. The lowest BCUT2D eigenvalue weighted by molar-refractivity contribution is 0.466. The van der Waals surface area contributed by atoms with Gasteiger partial charge in [-0.05, 0) is 36.0 Å². The van der Waals surface area contributed by atoms with Crippen LogP contribution in [0.1, 0.15) is 19.2 Å². The van der Waals surface area contributed by atoms with Crippen molar-refractivity contribution in [2.45, 2.75) is 13.3 Å². The summed E-state index contributed by atoms with van der Waals surface area (Å²) in [5.74, 6) is 3.59. The van der Waals surface area contributed by atoms with Crippen LogP contribution in [0.5, 0.6) is 0 Å². The Morgan fingerprint density at radius 1 is 1.20 bits per heavy atom. The van der Waals surface area contributed by atoms with Crippen LogP contribution in [-0.2, 0) is 0 Å². The lowest BCUT2D eigenvalue weighted by atomic mass is 10.1. The fourth-order valence-corrected chi connectivity index (χ4v) is 3.59. The highest BCUT2D eigenvalue weighted by molar-refractivity contribution is 5.71. The van der Waals surface area contributed by atoms with E-state index >= 15 is 0 Å². The Morgan fingerprint density at radius 2 is 2.05 bits per heavy atom. The molecule has 20 heavy (non-hydrogen) atoms. The molecular formula is C17H15NO2. The Bertz CT molecular complexity index is 858. The lowest BCUT2D eigenvalue weighted by Gasteiger charge is -2.05. The summed E-state index contributed by atoms with van der Waals surface area (Å²) >= 11 is 0. The number of fused-ring (bicyclic) bond motifs is 3. The predicted molar refractivity (Wildman–Crippen MR) is 75.8 cm³/mol. The Morgan fingerprint density at radius 3 is 2.90 bits per heavy atom. The SMILES string of the molecule is CC1C2C=CC(c3nc4c(c(=O)o3)=CC3CC3C=4)=CC12. The molecular weight excluding hydrogens is 250 g/mol. The first-order valence-electron chi connectivity index (χ1n) is 7.36. The van der Waals surface area contributed by atoms with Crippen LogP contribution in [-0.4, -0.2) is 4.98 Å². The van der Waals surface area contributed by atoms with Gasteiger partial charge in [-0.2, -0.15) is 0 Å². The van der Waals surface area contributed by atoms with Crippen LogP contribution in [0.25, 0.3) is 17.7 Å². The maximum atomic E-state index is 12.1. The number of hydrogen-bond donors (Lipinski definition) is 0. The molecule has 0 amide bonds. The normalized spacial score (nSPS) is 38.6. The number of allylic oxidation sites excluding steroid dienone is 4. The highest BCUT2D eigenvalue weighted by Crippen LogP contribution is 2.51. The fourth-order valence-electron chi connectivity index (χ4n) is 3.59. The van der Waals surface area contributed by atoms with Crippen LogP contribution in [0.2, 0.25) is 0 Å². The van der Waals surface area contributed by atoms with Gasteiger partial charge in [0.15, 0.2) is 0 Å². The third-order valence-electron chi connectivity index (χ3n) is 5.19. The molecule has 0 aromatic carbocycles. The van der Waals surface area contributed by atoms with Crippen molar-refractivity contribution in [3.63, 3.8) is 0 Å². The third kappa shape index (κ3) is 1.41. The summed E-state index contributed by atoms with van der Waals surface area (Å²) in [5, 5.41) is 1.47. The smallest absolute Gasteiger partial charge is 0.346 e. The Labute approximate surface area is 116 Å². The van der Waals surface area contributed by atoms with Crippen molar-refractivity contribution in [3.8, 4) is 0 Å². The van der Waals surface area contributed by atoms with E-state index in [-0.39, 0.29) is 5.63 Å². The number of nitrogens with zero attached hydrogens (tertiary/aromatic N) is 1. The third-order valence-corrected chi connectivity index (χ3v) is 5.19. The first kappa shape index (κ1) is 10.8. The van der Waals surface area contributed by atoms with Crippen molar-refractivity contribution in [2.24, 2.45) is 29.6 Å². The van der Waals surface area contributed by atoms with Gasteiger partial charge in [-0.3, -0.25) is 0 Å². The second-order valence-electron chi connectivity index (χ2n) is 6.50. The topological polar surface area (TPSA) is 43.1 Å². The number of rotatable bonds is 1. The Kier molecular flexibility index (Phi) is 1.84. The van der Waals surface area contributed by atoms with Gasteiger partial charge in [-0.15, -0.1) is 0 Å². The quantitative estimate of drug-likeness (QED) is 0.763. The molecule has 4 aliphatic carbocycles. The van der Waals surface area contributed by atoms with Gasteiger partial charge in [0.25, 0.3) is 0 Å². The molecule has 5 atom stereocenters. The first-order valence-corrected chi connectivity index (χ1v) is 7.36. The van der Waals surface area contributed by atoms with E-state index < -0.39 is 0 Å². The average molecular weight is 265 g/mol. The van der Waals surface area contributed by atoms with Crippen molar-refractivity contribution in [2.75, 3.05) is 0 Å². The van der Waals surface area contributed by atoms with Gasteiger partial charge in [0.1, 0.15) is 0 Å². The molecule has 1 heterocycles. The van der Waals surface area contributed by atoms with Crippen molar-refractivity contribution in [3.05, 3.63) is 45.1 Å². The Balaban J connectivity index is 1.68. The van der Waals surface area contributed by atoms with Crippen LogP contribution in [0.4, 0.5) is 0 Å².